The Morgan fingerprint density at radius 3 is 2.15 bits per heavy atom. The van der Waals surface area contributed by atoms with Crippen LogP contribution in [0.5, 0.6) is 0 Å². The number of likely N-dealkylation sites (N-methyl/N-ethyl adjacent to an activating group) is 1. The van der Waals surface area contributed by atoms with E-state index >= 15 is 0 Å². The summed E-state index contributed by atoms with van der Waals surface area (Å²) in [5.41, 5.74) is 2.33. The van der Waals surface area contributed by atoms with Gasteiger partial charge in [-0.1, -0.05) is 0 Å². The summed E-state index contributed by atoms with van der Waals surface area (Å²) in [7, 11) is 1.42. The highest BCUT2D eigenvalue weighted by molar-refractivity contribution is 6.23. The molecule has 0 bridgehead atoms. The standard InChI is InChI=1S/C18H19N3O5/c1-19-16(24)15(3-2-5-22)21-17(25)13-7-11-9-20(4-6-23)10-12(11)8-14(13)18(21)26/h5-8,15H,2-4,9-10H2,1H3,(H,19,24). The Hall–Kier alpha value is -2.87. The maximum atomic E-state index is 12.8. The number of hydrogen-bond donors (Lipinski definition) is 1. The zero-order valence-corrected chi connectivity index (χ0v) is 14.4. The summed E-state index contributed by atoms with van der Waals surface area (Å²) in [6, 6.07) is 2.34. The van der Waals surface area contributed by atoms with E-state index in [1.54, 1.807) is 12.1 Å². The van der Waals surface area contributed by atoms with Gasteiger partial charge in [-0.25, -0.2) is 0 Å². The number of carbonyl (C=O) groups is 5. The number of rotatable bonds is 7. The minimum Gasteiger partial charge on any atom is -0.357 e. The molecule has 26 heavy (non-hydrogen) atoms. The van der Waals surface area contributed by atoms with E-state index in [2.05, 4.69) is 5.32 Å². The van der Waals surface area contributed by atoms with Crippen molar-refractivity contribution in [3.8, 4) is 0 Å². The largest absolute Gasteiger partial charge is 0.357 e. The Labute approximate surface area is 150 Å². The van der Waals surface area contributed by atoms with Crippen LogP contribution < -0.4 is 5.32 Å². The lowest BCUT2D eigenvalue weighted by Gasteiger charge is -2.24. The van der Waals surface area contributed by atoms with Gasteiger partial charge in [0, 0.05) is 26.6 Å². The van der Waals surface area contributed by atoms with Crippen LogP contribution in [-0.4, -0.2) is 59.7 Å². The third-order valence-electron chi connectivity index (χ3n) is 4.78. The van der Waals surface area contributed by atoms with Gasteiger partial charge in [0.15, 0.2) is 0 Å². The predicted octanol–water partition coefficient (Wildman–Crippen LogP) is -0.109. The SMILES string of the molecule is CNC(=O)C(CCC=O)N1C(=O)c2cc3c(cc2C1=O)CN(CC=O)C3. The van der Waals surface area contributed by atoms with Crippen molar-refractivity contribution in [2.75, 3.05) is 13.6 Å². The Morgan fingerprint density at radius 1 is 1.12 bits per heavy atom. The van der Waals surface area contributed by atoms with Gasteiger partial charge in [-0.2, -0.15) is 0 Å². The summed E-state index contributed by atoms with van der Waals surface area (Å²) in [6.07, 6.45) is 1.63. The summed E-state index contributed by atoms with van der Waals surface area (Å²) in [5.74, 6) is -1.53. The lowest BCUT2D eigenvalue weighted by molar-refractivity contribution is -0.124. The van der Waals surface area contributed by atoms with Gasteiger partial charge in [-0.15, -0.1) is 0 Å². The van der Waals surface area contributed by atoms with Crippen LogP contribution in [0.25, 0.3) is 0 Å². The number of nitrogens with zero attached hydrogens (tertiary/aromatic N) is 2. The average molecular weight is 357 g/mol. The molecule has 1 unspecified atom stereocenters. The Kier molecular flexibility index (Phi) is 4.94. The maximum Gasteiger partial charge on any atom is 0.262 e. The fourth-order valence-corrected chi connectivity index (χ4v) is 3.51. The van der Waals surface area contributed by atoms with Crippen LogP contribution in [0.15, 0.2) is 12.1 Å². The van der Waals surface area contributed by atoms with Crippen molar-refractivity contribution in [3.63, 3.8) is 0 Å². The number of imide groups is 1. The molecule has 0 aliphatic carbocycles. The lowest BCUT2D eigenvalue weighted by atomic mass is 10.0. The Bertz CT molecular complexity index is 759. The van der Waals surface area contributed by atoms with Gasteiger partial charge in [0.05, 0.1) is 17.7 Å². The molecular formula is C18H19N3O5. The van der Waals surface area contributed by atoms with Gasteiger partial charge >= 0.3 is 0 Å². The smallest absolute Gasteiger partial charge is 0.262 e. The molecule has 2 aliphatic rings. The average Bonchev–Trinajstić information content (AvgIpc) is 3.13. The lowest BCUT2D eigenvalue weighted by Crippen LogP contribution is -2.48. The van der Waals surface area contributed by atoms with E-state index in [9.17, 15) is 24.0 Å². The van der Waals surface area contributed by atoms with Gasteiger partial charge < -0.3 is 14.9 Å². The first-order valence-corrected chi connectivity index (χ1v) is 8.36. The fourth-order valence-electron chi connectivity index (χ4n) is 3.51. The zero-order valence-electron chi connectivity index (χ0n) is 14.4. The Morgan fingerprint density at radius 2 is 1.69 bits per heavy atom. The fraction of sp³-hybridized carbons (Fsp3) is 0.389. The molecule has 2 aliphatic heterocycles. The zero-order chi connectivity index (χ0) is 18.8. The van der Waals surface area contributed by atoms with Crippen LogP contribution in [-0.2, 0) is 27.5 Å². The second kappa shape index (κ2) is 7.17. The van der Waals surface area contributed by atoms with Crippen molar-refractivity contribution in [2.24, 2.45) is 0 Å². The van der Waals surface area contributed by atoms with Gasteiger partial charge in [0.25, 0.3) is 11.8 Å². The van der Waals surface area contributed by atoms with Gasteiger partial charge in [0.1, 0.15) is 18.6 Å². The van der Waals surface area contributed by atoms with Gasteiger partial charge in [-0.05, 0) is 29.7 Å². The topological polar surface area (TPSA) is 104 Å². The summed E-state index contributed by atoms with van der Waals surface area (Å²) < 4.78 is 0. The number of nitrogens with one attached hydrogen (secondary N) is 1. The molecule has 0 aromatic heterocycles. The van der Waals surface area contributed by atoms with E-state index in [-0.39, 0.29) is 30.5 Å². The molecule has 0 spiro atoms. The molecule has 1 aromatic carbocycles. The van der Waals surface area contributed by atoms with Gasteiger partial charge in [0.2, 0.25) is 5.91 Å². The monoisotopic (exact) mass is 357 g/mol. The molecule has 0 fully saturated rings. The molecule has 8 heteroatoms. The van der Waals surface area contributed by atoms with E-state index < -0.39 is 23.8 Å². The van der Waals surface area contributed by atoms with Crippen LogP contribution in [0.1, 0.15) is 44.7 Å². The first-order chi connectivity index (χ1) is 12.5. The van der Waals surface area contributed by atoms with E-state index in [0.717, 1.165) is 22.3 Å². The molecule has 3 amide bonds. The van der Waals surface area contributed by atoms with E-state index in [1.807, 2.05) is 4.90 Å². The number of carbonyl (C=O) groups excluding carboxylic acids is 5. The minimum atomic E-state index is -1.01. The number of aldehydes is 2. The number of fused-ring (bicyclic) bond motifs is 2. The molecule has 136 valence electrons. The molecule has 3 rings (SSSR count). The maximum absolute atomic E-state index is 12.8. The van der Waals surface area contributed by atoms with Crippen LogP contribution in [0.2, 0.25) is 0 Å². The number of amides is 3. The summed E-state index contributed by atoms with van der Waals surface area (Å²) >= 11 is 0. The van der Waals surface area contributed by atoms with E-state index in [0.29, 0.717) is 19.4 Å². The molecule has 2 heterocycles. The first-order valence-electron chi connectivity index (χ1n) is 8.36. The van der Waals surface area contributed by atoms with Crippen molar-refractivity contribution in [1.29, 1.82) is 0 Å². The molecule has 0 radical (unpaired) electrons. The molecule has 1 aromatic rings. The highest BCUT2D eigenvalue weighted by Crippen LogP contribution is 2.32. The quantitative estimate of drug-likeness (QED) is 0.539. The van der Waals surface area contributed by atoms with Crippen LogP contribution >= 0.6 is 0 Å². The second-order valence-electron chi connectivity index (χ2n) is 6.36. The highest BCUT2D eigenvalue weighted by Gasteiger charge is 2.43. The normalized spacial score (nSPS) is 17.0. The van der Waals surface area contributed by atoms with E-state index in [4.69, 9.17) is 0 Å². The molecule has 0 saturated heterocycles. The number of benzene rings is 1. The molecular weight excluding hydrogens is 338 g/mol. The van der Waals surface area contributed by atoms with Crippen molar-refractivity contribution in [3.05, 3.63) is 34.4 Å². The third kappa shape index (κ3) is 2.92. The molecule has 8 nitrogen and oxygen atoms in total. The van der Waals surface area contributed by atoms with Gasteiger partial charge in [-0.3, -0.25) is 24.2 Å². The third-order valence-corrected chi connectivity index (χ3v) is 4.78. The molecule has 0 saturated carbocycles. The van der Waals surface area contributed by atoms with Crippen molar-refractivity contribution >= 4 is 30.3 Å². The summed E-state index contributed by atoms with van der Waals surface area (Å²) in [4.78, 5) is 62.0. The van der Waals surface area contributed by atoms with Crippen molar-refractivity contribution in [2.45, 2.75) is 32.0 Å². The van der Waals surface area contributed by atoms with E-state index in [1.165, 1.54) is 7.05 Å². The predicted molar refractivity (Wildman–Crippen MR) is 90.3 cm³/mol. The first kappa shape index (κ1) is 17.9. The van der Waals surface area contributed by atoms with Crippen molar-refractivity contribution in [1.82, 2.24) is 15.1 Å². The molecule has 1 N–H and O–H groups in total. The molecule has 1 atom stereocenters. The second-order valence-corrected chi connectivity index (χ2v) is 6.36. The highest BCUT2D eigenvalue weighted by atomic mass is 16.2. The van der Waals surface area contributed by atoms with Crippen molar-refractivity contribution < 1.29 is 24.0 Å². The minimum absolute atomic E-state index is 0.0721. The number of hydrogen-bond acceptors (Lipinski definition) is 6. The summed E-state index contributed by atoms with van der Waals surface area (Å²) in [6.45, 7) is 1.36. The summed E-state index contributed by atoms with van der Waals surface area (Å²) in [5, 5.41) is 2.44. The van der Waals surface area contributed by atoms with Crippen LogP contribution in [0.4, 0.5) is 0 Å². The Balaban J connectivity index is 1.92. The van der Waals surface area contributed by atoms with Crippen LogP contribution in [0.3, 0.4) is 0 Å². The van der Waals surface area contributed by atoms with Crippen LogP contribution in [0, 0.1) is 0 Å².